The zero-order valence-electron chi connectivity index (χ0n) is 10.3. The number of rotatable bonds is 2. The van der Waals surface area contributed by atoms with Gasteiger partial charge >= 0.3 is 0 Å². The molecule has 2 aromatic heterocycles. The predicted molar refractivity (Wildman–Crippen MR) is 68.7 cm³/mol. The quantitative estimate of drug-likeness (QED) is 0.792. The lowest BCUT2D eigenvalue weighted by molar-refractivity contribution is 0.808. The van der Waals surface area contributed by atoms with Crippen LogP contribution >= 0.6 is 0 Å². The minimum atomic E-state index is -0.0327. The molecule has 0 amide bonds. The van der Waals surface area contributed by atoms with Crippen molar-refractivity contribution in [1.82, 2.24) is 9.55 Å². The highest BCUT2D eigenvalue weighted by atomic mass is 16.1. The highest BCUT2D eigenvalue weighted by molar-refractivity contribution is 5.37. The molecule has 3 heteroatoms. The van der Waals surface area contributed by atoms with E-state index in [9.17, 15) is 4.79 Å². The molecular formula is C14H16N2O. The van der Waals surface area contributed by atoms with E-state index >= 15 is 0 Å². The molecule has 0 fully saturated rings. The third-order valence-electron chi connectivity index (χ3n) is 2.75. The third kappa shape index (κ3) is 2.28. The Morgan fingerprint density at radius 1 is 1.18 bits per heavy atom. The summed E-state index contributed by atoms with van der Waals surface area (Å²) < 4.78 is 1.62. The Kier molecular flexibility index (Phi) is 3.09. The highest BCUT2D eigenvalue weighted by Gasteiger charge is 2.06. The molecule has 0 saturated carbocycles. The van der Waals surface area contributed by atoms with E-state index in [1.165, 1.54) is 0 Å². The first kappa shape index (κ1) is 11.6. The molecule has 0 unspecified atom stereocenters. The lowest BCUT2D eigenvalue weighted by atomic mass is 10.1. The lowest BCUT2D eigenvalue weighted by Gasteiger charge is -2.11. The molecule has 0 bridgehead atoms. The van der Waals surface area contributed by atoms with Crippen LogP contribution in [0.25, 0.3) is 5.69 Å². The zero-order chi connectivity index (χ0) is 12.4. The Hall–Kier alpha value is -1.90. The zero-order valence-corrected chi connectivity index (χ0v) is 10.3. The van der Waals surface area contributed by atoms with Gasteiger partial charge in [0.1, 0.15) is 0 Å². The smallest absolute Gasteiger partial charge is 0.255 e. The predicted octanol–water partition coefficient (Wildman–Crippen LogP) is 2.66. The van der Waals surface area contributed by atoms with Crippen LogP contribution in [0.1, 0.15) is 31.2 Å². The second-order valence-corrected chi connectivity index (χ2v) is 4.40. The van der Waals surface area contributed by atoms with Gasteiger partial charge in [0.25, 0.3) is 5.56 Å². The summed E-state index contributed by atoms with van der Waals surface area (Å²) in [4.78, 5) is 16.3. The summed E-state index contributed by atoms with van der Waals surface area (Å²) in [5, 5.41) is 0. The molecule has 0 radical (unpaired) electrons. The van der Waals surface area contributed by atoms with Gasteiger partial charge in [0.05, 0.1) is 11.4 Å². The van der Waals surface area contributed by atoms with Gasteiger partial charge in [0.15, 0.2) is 0 Å². The molecular weight excluding hydrogens is 212 g/mol. The van der Waals surface area contributed by atoms with Crippen LogP contribution in [0, 0.1) is 6.92 Å². The monoisotopic (exact) mass is 228 g/mol. The number of hydrogen-bond donors (Lipinski definition) is 0. The Labute approximate surface area is 101 Å². The molecule has 0 saturated heterocycles. The first-order chi connectivity index (χ1) is 8.09. The minimum Gasteiger partial charge on any atom is -0.282 e. The van der Waals surface area contributed by atoms with Crippen molar-refractivity contribution in [3.8, 4) is 5.69 Å². The van der Waals surface area contributed by atoms with Crippen LogP contribution in [-0.4, -0.2) is 9.55 Å². The van der Waals surface area contributed by atoms with Gasteiger partial charge in [-0.05, 0) is 31.0 Å². The Bertz CT molecular complexity index is 585. The molecule has 2 rings (SSSR count). The summed E-state index contributed by atoms with van der Waals surface area (Å²) in [6.45, 7) is 6.15. The highest BCUT2D eigenvalue weighted by Crippen LogP contribution is 2.16. The van der Waals surface area contributed by atoms with Crippen LogP contribution in [0.4, 0.5) is 0 Å². The first-order valence-electron chi connectivity index (χ1n) is 5.75. The molecule has 0 atom stereocenters. The SMILES string of the molecule is Cc1nc(C(C)C)ccc1-n1ccccc1=O. The summed E-state index contributed by atoms with van der Waals surface area (Å²) >= 11 is 0. The average molecular weight is 228 g/mol. The molecule has 88 valence electrons. The van der Waals surface area contributed by atoms with Crippen molar-refractivity contribution in [2.75, 3.05) is 0 Å². The van der Waals surface area contributed by atoms with Crippen molar-refractivity contribution >= 4 is 0 Å². The third-order valence-corrected chi connectivity index (χ3v) is 2.75. The molecule has 0 aliphatic heterocycles. The van der Waals surface area contributed by atoms with Gasteiger partial charge in [0.2, 0.25) is 0 Å². The van der Waals surface area contributed by atoms with Crippen molar-refractivity contribution < 1.29 is 0 Å². The number of aromatic nitrogens is 2. The molecule has 2 aromatic rings. The van der Waals surface area contributed by atoms with E-state index in [2.05, 4.69) is 18.8 Å². The molecule has 0 aliphatic rings. The maximum absolute atomic E-state index is 11.7. The van der Waals surface area contributed by atoms with Crippen molar-refractivity contribution in [3.63, 3.8) is 0 Å². The van der Waals surface area contributed by atoms with Crippen molar-refractivity contribution in [1.29, 1.82) is 0 Å². The minimum absolute atomic E-state index is 0.0327. The van der Waals surface area contributed by atoms with Gasteiger partial charge in [-0.2, -0.15) is 0 Å². The molecule has 2 heterocycles. The van der Waals surface area contributed by atoms with E-state index in [4.69, 9.17) is 0 Å². The van der Waals surface area contributed by atoms with Gasteiger partial charge in [-0.1, -0.05) is 19.9 Å². The van der Waals surface area contributed by atoms with E-state index in [0.717, 1.165) is 17.1 Å². The maximum Gasteiger partial charge on any atom is 0.255 e. The topological polar surface area (TPSA) is 34.9 Å². The average Bonchev–Trinajstić information content (AvgIpc) is 2.30. The van der Waals surface area contributed by atoms with E-state index < -0.39 is 0 Å². The standard InChI is InChI=1S/C14H16N2O/c1-10(2)12-7-8-13(11(3)15-12)16-9-5-4-6-14(16)17/h4-10H,1-3H3. The second-order valence-electron chi connectivity index (χ2n) is 4.40. The van der Waals surface area contributed by atoms with Gasteiger partial charge < -0.3 is 0 Å². The number of pyridine rings is 2. The van der Waals surface area contributed by atoms with Gasteiger partial charge in [-0.15, -0.1) is 0 Å². The molecule has 17 heavy (non-hydrogen) atoms. The summed E-state index contributed by atoms with van der Waals surface area (Å²) in [6.07, 6.45) is 1.77. The summed E-state index contributed by atoms with van der Waals surface area (Å²) in [7, 11) is 0. The van der Waals surface area contributed by atoms with Gasteiger partial charge in [-0.3, -0.25) is 14.3 Å². The van der Waals surface area contributed by atoms with Gasteiger partial charge in [-0.25, -0.2) is 0 Å². The van der Waals surface area contributed by atoms with Gasteiger partial charge in [0, 0.05) is 18.0 Å². The van der Waals surface area contributed by atoms with Crippen LogP contribution in [-0.2, 0) is 0 Å². The van der Waals surface area contributed by atoms with Crippen LogP contribution in [0.15, 0.2) is 41.3 Å². The Balaban J connectivity index is 2.55. The second kappa shape index (κ2) is 4.53. The van der Waals surface area contributed by atoms with Crippen LogP contribution < -0.4 is 5.56 Å². The van der Waals surface area contributed by atoms with Crippen molar-refractivity contribution in [2.24, 2.45) is 0 Å². The number of hydrogen-bond acceptors (Lipinski definition) is 2. The molecule has 0 aromatic carbocycles. The molecule has 0 aliphatic carbocycles. The van der Waals surface area contributed by atoms with Crippen LogP contribution in [0.3, 0.4) is 0 Å². The van der Waals surface area contributed by atoms with E-state index in [1.54, 1.807) is 22.9 Å². The summed E-state index contributed by atoms with van der Waals surface area (Å²) in [6, 6.07) is 9.07. The fourth-order valence-corrected chi connectivity index (χ4v) is 1.78. The summed E-state index contributed by atoms with van der Waals surface area (Å²) in [5.74, 6) is 0.398. The van der Waals surface area contributed by atoms with Crippen molar-refractivity contribution in [2.45, 2.75) is 26.7 Å². The molecule has 0 N–H and O–H groups in total. The van der Waals surface area contributed by atoms with Crippen molar-refractivity contribution in [3.05, 3.63) is 58.3 Å². The largest absolute Gasteiger partial charge is 0.282 e. The number of nitrogens with zero attached hydrogens (tertiary/aromatic N) is 2. The van der Waals surface area contributed by atoms with E-state index in [1.807, 2.05) is 25.1 Å². The lowest BCUT2D eigenvalue weighted by Crippen LogP contribution is -2.17. The molecule has 0 spiro atoms. The van der Waals surface area contributed by atoms with E-state index in [-0.39, 0.29) is 5.56 Å². The van der Waals surface area contributed by atoms with Crippen LogP contribution in [0.5, 0.6) is 0 Å². The fraction of sp³-hybridized carbons (Fsp3) is 0.286. The maximum atomic E-state index is 11.7. The Morgan fingerprint density at radius 2 is 1.94 bits per heavy atom. The normalized spacial score (nSPS) is 10.8. The van der Waals surface area contributed by atoms with Crippen LogP contribution in [0.2, 0.25) is 0 Å². The fourth-order valence-electron chi connectivity index (χ4n) is 1.78. The first-order valence-corrected chi connectivity index (χ1v) is 5.75. The number of aryl methyl sites for hydroxylation is 1. The Morgan fingerprint density at radius 3 is 2.53 bits per heavy atom. The summed E-state index contributed by atoms with van der Waals surface area (Å²) in [5.41, 5.74) is 2.74. The molecule has 3 nitrogen and oxygen atoms in total. The van der Waals surface area contributed by atoms with E-state index in [0.29, 0.717) is 5.92 Å².